The second-order valence-electron chi connectivity index (χ2n) is 6.28. The maximum absolute atomic E-state index is 6.62. The first-order valence-corrected chi connectivity index (χ1v) is 8.58. The number of piperazine rings is 1. The van der Waals surface area contributed by atoms with Gasteiger partial charge in [-0.05, 0) is 29.5 Å². The van der Waals surface area contributed by atoms with Crippen molar-refractivity contribution in [2.45, 2.75) is 26.2 Å². The molecule has 2 heterocycles. The highest BCUT2D eigenvalue weighted by atomic mass is 35.5. The number of rotatable bonds is 4. The molecule has 1 N–H and O–H groups in total. The van der Waals surface area contributed by atoms with Gasteiger partial charge in [0.2, 0.25) is 0 Å². The zero-order chi connectivity index (χ0) is 15.5. The Morgan fingerprint density at radius 2 is 1.95 bits per heavy atom. The van der Waals surface area contributed by atoms with Gasteiger partial charge in [-0.15, -0.1) is 0 Å². The van der Waals surface area contributed by atoms with Gasteiger partial charge in [0.25, 0.3) is 0 Å². The molecule has 1 saturated heterocycles. The lowest BCUT2D eigenvalue weighted by Crippen LogP contribution is -2.44. The van der Waals surface area contributed by atoms with Crippen molar-refractivity contribution in [2.24, 2.45) is 0 Å². The van der Waals surface area contributed by atoms with Gasteiger partial charge in [0, 0.05) is 32.7 Å². The summed E-state index contributed by atoms with van der Waals surface area (Å²) in [5, 5.41) is 4.13. The number of nitrogens with one attached hydrogen (secondary N) is 1. The van der Waals surface area contributed by atoms with Crippen molar-refractivity contribution in [1.29, 1.82) is 0 Å². The van der Waals surface area contributed by atoms with Crippen LogP contribution in [0.2, 0.25) is 5.02 Å². The molecule has 4 nitrogen and oxygen atoms in total. The molecule has 0 aromatic heterocycles. The number of benzene rings is 1. The van der Waals surface area contributed by atoms with E-state index in [1.807, 2.05) is 0 Å². The molecular weight excluding hydrogens is 300 g/mol. The van der Waals surface area contributed by atoms with Gasteiger partial charge < -0.3 is 19.7 Å². The lowest BCUT2D eigenvalue weighted by Gasteiger charge is -2.29. The highest BCUT2D eigenvalue weighted by Gasteiger charge is 2.23. The Bertz CT molecular complexity index is 528. The van der Waals surface area contributed by atoms with Gasteiger partial charge in [-0.3, -0.25) is 0 Å². The van der Waals surface area contributed by atoms with Crippen LogP contribution in [-0.2, 0) is 6.42 Å². The molecular formula is C17H25ClN2O2. The molecule has 0 radical (unpaired) electrons. The second kappa shape index (κ2) is 7.07. The average molecular weight is 325 g/mol. The summed E-state index contributed by atoms with van der Waals surface area (Å²) in [5.41, 5.74) is 2.50. The molecule has 0 amide bonds. The number of halogens is 1. The van der Waals surface area contributed by atoms with Gasteiger partial charge in [0.05, 0.1) is 5.02 Å². The van der Waals surface area contributed by atoms with E-state index in [2.05, 4.69) is 30.1 Å². The Kier molecular flexibility index (Phi) is 5.11. The zero-order valence-electron chi connectivity index (χ0n) is 13.5. The van der Waals surface area contributed by atoms with Crippen molar-refractivity contribution in [1.82, 2.24) is 10.2 Å². The zero-order valence-corrected chi connectivity index (χ0v) is 14.2. The van der Waals surface area contributed by atoms with Crippen LogP contribution in [0.3, 0.4) is 0 Å². The third kappa shape index (κ3) is 3.34. The van der Waals surface area contributed by atoms with E-state index in [0.717, 1.165) is 55.7 Å². The molecule has 22 heavy (non-hydrogen) atoms. The lowest BCUT2D eigenvalue weighted by molar-refractivity contribution is 0.171. The first kappa shape index (κ1) is 15.9. The summed E-state index contributed by atoms with van der Waals surface area (Å²) in [7, 11) is 0. The molecule has 0 saturated carbocycles. The second-order valence-corrected chi connectivity index (χ2v) is 6.66. The topological polar surface area (TPSA) is 33.7 Å². The molecule has 0 atom stereocenters. The molecule has 0 unspecified atom stereocenters. The van der Waals surface area contributed by atoms with Crippen LogP contribution in [0, 0.1) is 0 Å². The molecule has 2 aliphatic heterocycles. The average Bonchev–Trinajstić information content (AvgIpc) is 2.53. The monoisotopic (exact) mass is 324 g/mol. The summed E-state index contributed by atoms with van der Waals surface area (Å²) in [4.78, 5) is 2.51. The maximum Gasteiger partial charge on any atom is 0.180 e. The predicted molar refractivity (Wildman–Crippen MR) is 89.5 cm³/mol. The van der Waals surface area contributed by atoms with Gasteiger partial charge >= 0.3 is 0 Å². The van der Waals surface area contributed by atoms with Gasteiger partial charge in [0.1, 0.15) is 13.2 Å². The van der Waals surface area contributed by atoms with E-state index in [1.165, 1.54) is 11.1 Å². The van der Waals surface area contributed by atoms with Crippen LogP contribution < -0.4 is 14.8 Å². The molecule has 0 aliphatic carbocycles. The predicted octanol–water partition coefficient (Wildman–Crippen LogP) is 2.68. The molecule has 0 bridgehead atoms. The summed E-state index contributed by atoms with van der Waals surface area (Å²) < 4.78 is 11.5. The summed E-state index contributed by atoms with van der Waals surface area (Å²) in [5.74, 6) is 1.90. The highest BCUT2D eigenvalue weighted by Crippen LogP contribution is 2.44. The summed E-state index contributed by atoms with van der Waals surface area (Å²) >= 11 is 6.62. The lowest BCUT2D eigenvalue weighted by atomic mass is 9.94. The Labute approximate surface area is 137 Å². The SMILES string of the molecule is CC(C)c1c(CCN2CCNCC2)cc2c(c1Cl)OCCO2. The minimum Gasteiger partial charge on any atom is -0.486 e. The molecule has 1 fully saturated rings. The van der Waals surface area contributed by atoms with Crippen molar-refractivity contribution in [3.63, 3.8) is 0 Å². The van der Waals surface area contributed by atoms with Gasteiger partial charge in [0.15, 0.2) is 11.5 Å². The van der Waals surface area contributed by atoms with E-state index >= 15 is 0 Å². The van der Waals surface area contributed by atoms with Crippen LogP contribution in [0.1, 0.15) is 30.9 Å². The molecule has 122 valence electrons. The molecule has 0 spiro atoms. The van der Waals surface area contributed by atoms with Crippen molar-refractivity contribution in [3.05, 3.63) is 22.2 Å². The van der Waals surface area contributed by atoms with E-state index in [0.29, 0.717) is 19.1 Å². The third-order valence-corrected chi connectivity index (χ3v) is 4.76. The standard InChI is InChI=1S/C17H25ClN2O2/c1-12(2)15-13(3-6-20-7-4-19-5-8-20)11-14-17(16(15)18)22-10-9-21-14/h11-12,19H,3-10H2,1-2H3. The van der Waals surface area contributed by atoms with Crippen molar-refractivity contribution >= 4 is 11.6 Å². The fraction of sp³-hybridized carbons (Fsp3) is 0.647. The molecule has 1 aromatic rings. The Hall–Kier alpha value is -0.970. The number of nitrogens with zero attached hydrogens (tertiary/aromatic N) is 1. The van der Waals surface area contributed by atoms with Crippen molar-refractivity contribution in [2.75, 3.05) is 45.9 Å². The van der Waals surface area contributed by atoms with Crippen LogP contribution in [0.25, 0.3) is 0 Å². The quantitative estimate of drug-likeness (QED) is 0.923. The third-order valence-electron chi connectivity index (χ3n) is 4.38. The largest absolute Gasteiger partial charge is 0.486 e. The van der Waals surface area contributed by atoms with E-state index in [-0.39, 0.29) is 0 Å². The first-order chi connectivity index (χ1) is 10.7. The number of fused-ring (bicyclic) bond motifs is 1. The van der Waals surface area contributed by atoms with Crippen LogP contribution in [0.15, 0.2) is 6.07 Å². The van der Waals surface area contributed by atoms with Gasteiger partial charge in [-0.1, -0.05) is 25.4 Å². The van der Waals surface area contributed by atoms with Crippen LogP contribution >= 0.6 is 11.6 Å². The summed E-state index contributed by atoms with van der Waals surface area (Å²) in [6.07, 6.45) is 1.00. The van der Waals surface area contributed by atoms with E-state index in [9.17, 15) is 0 Å². The number of hydrogen-bond acceptors (Lipinski definition) is 4. The normalized spacial score (nSPS) is 18.7. The maximum atomic E-state index is 6.62. The van der Waals surface area contributed by atoms with E-state index in [1.54, 1.807) is 0 Å². The van der Waals surface area contributed by atoms with Crippen LogP contribution in [0.4, 0.5) is 0 Å². The Balaban J connectivity index is 1.83. The van der Waals surface area contributed by atoms with Crippen molar-refractivity contribution < 1.29 is 9.47 Å². The fourth-order valence-electron chi connectivity index (χ4n) is 3.25. The van der Waals surface area contributed by atoms with E-state index in [4.69, 9.17) is 21.1 Å². The first-order valence-electron chi connectivity index (χ1n) is 8.20. The van der Waals surface area contributed by atoms with Crippen molar-refractivity contribution in [3.8, 4) is 11.5 Å². The minimum absolute atomic E-state index is 0.376. The minimum atomic E-state index is 0.376. The molecule has 5 heteroatoms. The smallest absolute Gasteiger partial charge is 0.180 e. The Morgan fingerprint density at radius 3 is 2.68 bits per heavy atom. The summed E-state index contributed by atoms with van der Waals surface area (Å²) in [6.45, 7) is 11.0. The van der Waals surface area contributed by atoms with Crippen LogP contribution in [0.5, 0.6) is 11.5 Å². The number of hydrogen-bond donors (Lipinski definition) is 1. The summed E-state index contributed by atoms with van der Waals surface area (Å²) in [6, 6.07) is 2.14. The highest BCUT2D eigenvalue weighted by molar-refractivity contribution is 6.33. The van der Waals surface area contributed by atoms with Gasteiger partial charge in [-0.2, -0.15) is 0 Å². The fourth-order valence-corrected chi connectivity index (χ4v) is 3.74. The molecule has 3 rings (SSSR count). The van der Waals surface area contributed by atoms with Gasteiger partial charge in [-0.25, -0.2) is 0 Å². The Morgan fingerprint density at radius 1 is 1.23 bits per heavy atom. The van der Waals surface area contributed by atoms with E-state index < -0.39 is 0 Å². The van der Waals surface area contributed by atoms with Crippen LogP contribution in [-0.4, -0.2) is 50.8 Å². The number of ether oxygens (including phenoxy) is 2. The molecule has 1 aromatic carbocycles. The molecule has 2 aliphatic rings.